The van der Waals surface area contributed by atoms with Crippen LogP contribution >= 0.6 is 11.3 Å². The molecule has 1 atom stereocenters. The van der Waals surface area contributed by atoms with Gasteiger partial charge in [-0.2, -0.15) is 0 Å². The van der Waals surface area contributed by atoms with Gasteiger partial charge >= 0.3 is 12.0 Å². The zero-order chi connectivity index (χ0) is 15.1. The number of hydrogen-bond acceptors (Lipinski definition) is 3. The van der Waals surface area contributed by atoms with E-state index in [0.29, 0.717) is 6.54 Å². The number of amides is 2. The normalized spacial score (nSPS) is 11.9. The van der Waals surface area contributed by atoms with Gasteiger partial charge in [-0.3, -0.25) is 4.79 Å². The first kappa shape index (κ1) is 16.5. The van der Waals surface area contributed by atoms with Crippen molar-refractivity contribution in [2.45, 2.75) is 32.7 Å². The van der Waals surface area contributed by atoms with Crippen molar-refractivity contribution in [1.82, 2.24) is 9.80 Å². The maximum absolute atomic E-state index is 12.3. The van der Waals surface area contributed by atoms with Gasteiger partial charge in [0.2, 0.25) is 0 Å². The fourth-order valence-corrected chi connectivity index (χ4v) is 2.71. The van der Waals surface area contributed by atoms with Crippen molar-refractivity contribution in [2.24, 2.45) is 0 Å². The Morgan fingerprint density at radius 1 is 1.45 bits per heavy atom. The van der Waals surface area contributed by atoms with Crippen LogP contribution in [0.5, 0.6) is 0 Å². The van der Waals surface area contributed by atoms with Gasteiger partial charge in [0.1, 0.15) is 0 Å². The molecule has 1 aromatic rings. The Kier molecular flexibility index (Phi) is 6.51. The Bertz CT molecular complexity index is 434. The summed E-state index contributed by atoms with van der Waals surface area (Å²) in [6, 6.07) is 4.03. The molecule has 1 heterocycles. The predicted octanol–water partition coefficient (Wildman–Crippen LogP) is 2.53. The summed E-state index contributed by atoms with van der Waals surface area (Å²) in [6.45, 7) is 4.63. The first-order valence-corrected chi connectivity index (χ1v) is 7.59. The maximum Gasteiger partial charge on any atom is 0.319 e. The zero-order valence-corrected chi connectivity index (χ0v) is 13.0. The minimum Gasteiger partial charge on any atom is -0.481 e. The van der Waals surface area contributed by atoms with Crippen LogP contribution in [0.25, 0.3) is 0 Å². The van der Waals surface area contributed by atoms with Crippen LogP contribution in [0.1, 0.15) is 25.1 Å². The van der Waals surface area contributed by atoms with Gasteiger partial charge in [0.05, 0.1) is 6.42 Å². The molecular formula is C14H22N2O3S. The van der Waals surface area contributed by atoms with Gasteiger partial charge in [0.25, 0.3) is 0 Å². The fraction of sp³-hybridized carbons (Fsp3) is 0.571. The van der Waals surface area contributed by atoms with Crippen molar-refractivity contribution in [2.75, 3.05) is 20.1 Å². The molecule has 1 N–H and O–H groups in total. The van der Waals surface area contributed by atoms with E-state index in [1.165, 1.54) is 4.88 Å². The molecule has 6 heteroatoms. The fourth-order valence-electron chi connectivity index (χ4n) is 1.89. The van der Waals surface area contributed by atoms with E-state index >= 15 is 0 Å². The minimum atomic E-state index is -0.884. The number of carboxylic acid groups (broad SMARTS) is 1. The van der Waals surface area contributed by atoms with Crippen molar-refractivity contribution < 1.29 is 14.7 Å². The van der Waals surface area contributed by atoms with Crippen molar-refractivity contribution in [3.8, 4) is 0 Å². The smallest absolute Gasteiger partial charge is 0.319 e. The second-order valence-electron chi connectivity index (χ2n) is 4.75. The summed E-state index contributed by atoms with van der Waals surface area (Å²) in [4.78, 5) is 27.4. The molecule has 0 bridgehead atoms. The van der Waals surface area contributed by atoms with Crippen LogP contribution < -0.4 is 0 Å². The number of aliphatic carboxylic acids is 1. The molecule has 5 nitrogen and oxygen atoms in total. The number of carbonyl (C=O) groups is 2. The molecule has 0 aromatic carbocycles. The van der Waals surface area contributed by atoms with Gasteiger partial charge in [-0.15, -0.1) is 11.3 Å². The first-order valence-electron chi connectivity index (χ1n) is 6.71. The lowest BCUT2D eigenvalue weighted by atomic mass is 10.2. The van der Waals surface area contributed by atoms with Crippen LogP contribution in [-0.4, -0.2) is 53.1 Å². The third-order valence-corrected chi connectivity index (χ3v) is 4.19. The number of likely N-dealkylation sites (N-methyl/N-ethyl adjacent to an activating group) is 1. The monoisotopic (exact) mass is 298 g/mol. The molecule has 1 rings (SSSR count). The summed E-state index contributed by atoms with van der Waals surface area (Å²) < 4.78 is 0. The number of urea groups is 1. The minimum absolute atomic E-state index is 0.0211. The van der Waals surface area contributed by atoms with E-state index in [-0.39, 0.29) is 25.0 Å². The Hall–Kier alpha value is -1.56. The summed E-state index contributed by atoms with van der Waals surface area (Å²) in [5, 5.41) is 10.7. The van der Waals surface area contributed by atoms with Crippen molar-refractivity contribution in [3.63, 3.8) is 0 Å². The quantitative estimate of drug-likeness (QED) is 0.841. The molecule has 0 radical (unpaired) electrons. The van der Waals surface area contributed by atoms with Crippen LogP contribution in [-0.2, 0) is 11.2 Å². The van der Waals surface area contributed by atoms with E-state index in [1.807, 2.05) is 25.3 Å². The lowest BCUT2D eigenvalue weighted by molar-refractivity contribution is -0.137. The third kappa shape index (κ3) is 4.85. The topological polar surface area (TPSA) is 60.9 Å². The standard InChI is InChI=1S/C14H22N2O3S/c1-4-16(8-7-13(17)18)14(19)15(3)11(2)10-12-6-5-9-20-12/h5-6,9,11H,4,7-8,10H2,1-3H3,(H,17,18). The number of thiophene rings is 1. The van der Waals surface area contributed by atoms with Crippen molar-refractivity contribution >= 4 is 23.3 Å². The molecule has 0 aliphatic carbocycles. The van der Waals surface area contributed by atoms with Gasteiger partial charge in [-0.05, 0) is 25.3 Å². The van der Waals surface area contributed by atoms with Crippen LogP contribution in [0.4, 0.5) is 4.79 Å². The highest BCUT2D eigenvalue weighted by Gasteiger charge is 2.21. The molecule has 0 spiro atoms. The molecule has 1 aromatic heterocycles. The molecule has 2 amide bonds. The Morgan fingerprint density at radius 3 is 2.65 bits per heavy atom. The SMILES string of the molecule is CCN(CCC(=O)O)C(=O)N(C)C(C)Cc1cccs1. The number of nitrogens with zero attached hydrogens (tertiary/aromatic N) is 2. The molecule has 0 aliphatic heterocycles. The number of carbonyl (C=O) groups excluding carboxylic acids is 1. The molecule has 112 valence electrons. The lowest BCUT2D eigenvalue weighted by Gasteiger charge is -2.31. The summed E-state index contributed by atoms with van der Waals surface area (Å²) in [6.07, 6.45) is 0.795. The maximum atomic E-state index is 12.3. The second-order valence-corrected chi connectivity index (χ2v) is 5.78. The van der Waals surface area contributed by atoms with Crippen molar-refractivity contribution in [3.05, 3.63) is 22.4 Å². The molecular weight excluding hydrogens is 276 g/mol. The highest BCUT2D eigenvalue weighted by molar-refractivity contribution is 7.09. The third-order valence-electron chi connectivity index (χ3n) is 3.29. The van der Waals surface area contributed by atoms with Crippen molar-refractivity contribution in [1.29, 1.82) is 0 Å². The Morgan fingerprint density at radius 2 is 2.15 bits per heavy atom. The van der Waals surface area contributed by atoms with E-state index in [1.54, 1.807) is 28.2 Å². The largest absolute Gasteiger partial charge is 0.481 e. The van der Waals surface area contributed by atoms with E-state index < -0.39 is 5.97 Å². The average molecular weight is 298 g/mol. The van der Waals surface area contributed by atoms with Crippen LogP contribution in [0.2, 0.25) is 0 Å². The first-order chi connectivity index (χ1) is 9.45. The molecule has 0 fully saturated rings. The molecule has 20 heavy (non-hydrogen) atoms. The predicted molar refractivity (Wildman–Crippen MR) is 80.1 cm³/mol. The summed E-state index contributed by atoms with van der Waals surface area (Å²) in [5.41, 5.74) is 0. The van der Waals surface area contributed by atoms with Gasteiger partial charge in [0, 0.05) is 37.5 Å². The van der Waals surface area contributed by atoms with E-state index in [2.05, 4.69) is 6.07 Å². The van der Waals surface area contributed by atoms with Gasteiger partial charge in [0.15, 0.2) is 0 Å². The average Bonchev–Trinajstić information content (AvgIpc) is 2.90. The number of carboxylic acids is 1. The summed E-state index contributed by atoms with van der Waals surface area (Å²) >= 11 is 1.68. The number of rotatable bonds is 7. The Labute approximate surface area is 123 Å². The Balaban J connectivity index is 2.56. The van der Waals surface area contributed by atoms with Crippen LogP contribution in [0.3, 0.4) is 0 Å². The highest BCUT2D eigenvalue weighted by Crippen LogP contribution is 2.14. The summed E-state index contributed by atoms with van der Waals surface area (Å²) in [5.74, 6) is -0.884. The van der Waals surface area contributed by atoms with Gasteiger partial charge < -0.3 is 14.9 Å². The van der Waals surface area contributed by atoms with Crippen LogP contribution in [0.15, 0.2) is 17.5 Å². The molecule has 1 unspecified atom stereocenters. The van der Waals surface area contributed by atoms with E-state index in [0.717, 1.165) is 6.42 Å². The van der Waals surface area contributed by atoms with Gasteiger partial charge in [-0.1, -0.05) is 6.07 Å². The number of hydrogen-bond donors (Lipinski definition) is 1. The highest BCUT2D eigenvalue weighted by atomic mass is 32.1. The van der Waals surface area contributed by atoms with Gasteiger partial charge in [-0.25, -0.2) is 4.79 Å². The second kappa shape index (κ2) is 7.89. The zero-order valence-electron chi connectivity index (χ0n) is 12.2. The summed E-state index contributed by atoms with van der Waals surface area (Å²) in [7, 11) is 1.77. The molecule has 0 aliphatic rings. The van der Waals surface area contributed by atoms with E-state index in [9.17, 15) is 9.59 Å². The lowest BCUT2D eigenvalue weighted by Crippen LogP contribution is -2.46. The molecule has 0 saturated heterocycles. The van der Waals surface area contributed by atoms with E-state index in [4.69, 9.17) is 5.11 Å². The van der Waals surface area contributed by atoms with Crippen LogP contribution in [0, 0.1) is 0 Å². The molecule has 0 saturated carbocycles.